The highest BCUT2D eigenvalue weighted by molar-refractivity contribution is 5.64. The van der Waals surface area contributed by atoms with Crippen molar-refractivity contribution < 1.29 is 28.5 Å². The second-order valence-corrected chi connectivity index (χ2v) is 6.20. The standard InChI is InChI=1S/C20H20O6/c21-20(24-15-9-5-2-6-10-15)25-16-11-12-22-17-13-23-19(26-18(16)17)14-7-3-1-4-8-14/h1-10,16-19H,11-13H2/t16-,17-,18+,19+/m1/s1. The summed E-state index contributed by atoms with van der Waals surface area (Å²) in [5, 5.41) is 0. The quantitative estimate of drug-likeness (QED) is 0.620. The van der Waals surface area contributed by atoms with Gasteiger partial charge in [-0.15, -0.1) is 0 Å². The van der Waals surface area contributed by atoms with Crippen LogP contribution >= 0.6 is 0 Å². The van der Waals surface area contributed by atoms with Crippen molar-refractivity contribution in [2.45, 2.75) is 31.0 Å². The average molecular weight is 356 g/mol. The van der Waals surface area contributed by atoms with Crippen LogP contribution in [0.4, 0.5) is 4.79 Å². The molecule has 0 unspecified atom stereocenters. The van der Waals surface area contributed by atoms with Gasteiger partial charge in [-0.25, -0.2) is 4.79 Å². The summed E-state index contributed by atoms with van der Waals surface area (Å²) >= 11 is 0. The lowest BCUT2D eigenvalue weighted by atomic mass is 10.0. The number of carbonyl (C=O) groups is 1. The molecule has 2 aromatic rings. The fraction of sp³-hybridized carbons (Fsp3) is 0.350. The van der Waals surface area contributed by atoms with Gasteiger partial charge in [0, 0.05) is 12.0 Å². The van der Waals surface area contributed by atoms with E-state index in [1.54, 1.807) is 24.3 Å². The lowest BCUT2D eigenvalue weighted by Gasteiger charge is -2.42. The van der Waals surface area contributed by atoms with Crippen molar-refractivity contribution in [2.24, 2.45) is 0 Å². The summed E-state index contributed by atoms with van der Waals surface area (Å²) in [7, 11) is 0. The molecule has 0 aliphatic carbocycles. The molecule has 0 spiro atoms. The van der Waals surface area contributed by atoms with E-state index >= 15 is 0 Å². The first-order valence-corrected chi connectivity index (χ1v) is 8.67. The number of fused-ring (bicyclic) bond motifs is 1. The minimum absolute atomic E-state index is 0.266. The molecule has 0 amide bonds. The summed E-state index contributed by atoms with van der Waals surface area (Å²) in [6, 6.07) is 18.5. The zero-order valence-corrected chi connectivity index (χ0v) is 14.2. The van der Waals surface area contributed by atoms with Crippen molar-refractivity contribution in [1.29, 1.82) is 0 Å². The lowest BCUT2D eigenvalue weighted by molar-refractivity contribution is -0.299. The molecule has 2 aromatic carbocycles. The molecule has 6 heteroatoms. The number of hydrogen-bond acceptors (Lipinski definition) is 6. The summed E-state index contributed by atoms with van der Waals surface area (Å²) in [5.74, 6) is 0.441. The van der Waals surface area contributed by atoms with Crippen LogP contribution in [-0.2, 0) is 18.9 Å². The van der Waals surface area contributed by atoms with Crippen LogP contribution in [-0.4, -0.2) is 37.7 Å². The lowest BCUT2D eigenvalue weighted by Crippen LogP contribution is -2.53. The third-order valence-electron chi connectivity index (χ3n) is 4.42. The van der Waals surface area contributed by atoms with E-state index in [4.69, 9.17) is 23.7 Å². The molecule has 2 saturated heterocycles. The molecule has 0 N–H and O–H groups in total. The second-order valence-electron chi connectivity index (χ2n) is 6.20. The van der Waals surface area contributed by atoms with Crippen LogP contribution in [0.3, 0.4) is 0 Å². The van der Waals surface area contributed by atoms with Gasteiger partial charge in [0.15, 0.2) is 6.29 Å². The van der Waals surface area contributed by atoms with Crippen molar-refractivity contribution in [3.05, 3.63) is 66.2 Å². The van der Waals surface area contributed by atoms with E-state index in [0.717, 1.165) is 5.56 Å². The average Bonchev–Trinajstić information content (AvgIpc) is 2.69. The largest absolute Gasteiger partial charge is 0.514 e. The predicted molar refractivity (Wildman–Crippen MR) is 91.7 cm³/mol. The third-order valence-corrected chi connectivity index (χ3v) is 4.42. The normalized spacial score (nSPS) is 28.0. The van der Waals surface area contributed by atoms with E-state index in [0.29, 0.717) is 25.4 Å². The summed E-state index contributed by atoms with van der Waals surface area (Å²) in [6.45, 7) is 0.866. The predicted octanol–water partition coefficient (Wildman–Crippen LogP) is 3.47. The van der Waals surface area contributed by atoms with Crippen molar-refractivity contribution in [3.63, 3.8) is 0 Å². The molecule has 6 nitrogen and oxygen atoms in total. The fourth-order valence-electron chi connectivity index (χ4n) is 3.16. The number of benzene rings is 2. The molecule has 0 radical (unpaired) electrons. The van der Waals surface area contributed by atoms with Crippen molar-refractivity contribution >= 4 is 6.16 Å². The van der Waals surface area contributed by atoms with Crippen LogP contribution in [0.25, 0.3) is 0 Å². The van der Waals surface area contributed by atoms with Gasteiger partial charge in [0.2, 0.25) is 0 Å². The van der Waals surface area contributed by atoms with Gasteiger partial charge in [-0.1, -0.05) is 48.5 Å². The van der Waals surface area contributed by atoms with Crippen molar-refractivity contribution in [1.82, 2.24) is 0 Å². The van der Waals surface area contributed by atoms with Gasteiger partial charge in [-0.2, -0.15) is 0 Å². The Bertz CT molecular complexity index is 720. The Morgan fingerprint density at radius 3 is 2.46 bits per heavy atom. The maximum absolute atomic E-state index is 12.1. The maximum Gasteiger partial charge on any atom is 0.514 e. The summed E-state index contributed by atoms with van der Waals surface area (Å²) < 4.78 is 28.3. The molecule has 2 aliphatic heterocycles. The molecule has 4 atom stereocenters. The van der Waals surface area contributed by atoms with Gasteiger partial charge < -0.3 is 23.7 Å². The zero-order chi connectivity index (χ0) is 17.8. The van der Waals surface area contributed by atoms with Crippen LogP contribution in [0.1, 0.15) is 18.3 Å². The number of rotatable bonds is 3. The van der Waals surface area contributed by atoms with Gasteiger partial charge in [-0.05, 0) is 12.1 Å². The number of para-hydroxylation sites is 1. The van der Waals surface area contributed by atoms with Crippen LogP contribution in [0.2, 0.25) is 0 Å². The van der Waals surface area contributed by atoms with E-state index in [-0.39, 0.29) is 6.10 Å². The molecule has 0 aromatic heterocycles. The maximum atomic E-state index is 12.1. The van der Waals surface area contributed by atoms with Crippen LogP contribution in [0.15, 0.2) is 60.7 Å². The van der Waals surface area contributed by atoms with Crippen LogP contribution in [0, 0.1) is 0 Å². The first-order valence-electron chi connectivity index (χ1n) is 8.67. The van der Waals surface area contributed by atoms with E-state index in [1.165, 1.54) is 0 Å². The molecule has 0 saturated carbocycles. The van der Waals surface area contributed by atoms with Crippen molar-refractivity contribution in [2.75, 3.05) is 13.2 Å². The first kappa shape index (κ1) is 17.0. The molecule has 4 rings (SSSR count). The summed E-state index contributed by atoms with van der Waals surface area (Å²) in [5.41, 5.74) is 0.919. The highest BCUT2D eigenvalue weighted by Gasteiger charge is 2.43. The monoisotopic (exact) mass is 356 g/mol. The van der Waals surface area contributed by atoms with E-state index < -0.39 is 24.7 Å². The van der Waals surface area contributed by atoms with E-state index in [9.17, 15) is 4.79 Å². The Morgan fingerprint density at radius 2 is 1.69 bits per heavy atom. The van der Waals surface area contributed by atoms with E-state index in [1.807, 2.05) is 36.4 Å². The second kappa shape index (κ2) is 7.86. The molecule has 2 fully saturated rings. The highest BCUT2D eigenvalue weighted by atomic mass is 16.8. The molecule has 2 heterocycles. The minimum Gasteiger partial charge on any atom is -0.428 e. The van der Waals surface area contributed by atoms with Crippen LogP contribution < -0.4 is 4.74 Å². The topological polar surface area (TPSA) is 63.2 Å². The van der Waals surface area contributed by atoms with Gasteiger partial charge in [0.1, 0.15) is 24.1 Å². The Morgan fingerprint density at radius 1 is 0.962 bits per heavy atom. The first-order chi connectivity index (χ1) is 12.8. The molecule has 26 heavy (non-hydrogen) atoms. The summed E-state index contributed by atoms with van der Waals surface area (Å²) in [4.78, 5) is 12.1. The van der Waals surface area contributed by atoms with Gasteiger partial charge >= 0.3 is 6.16 Å². The Hall–Kier alpha value is -2.41. The molecule has 2 aliphatic rings. The van der Waals surface area contributed by atoms with E-state index in [2.05, 4.69) is 0 Å². The third kappa shape index (κ3) is 3.88. The summed E-state index contributed by atoms with van der Waals surface area (Å²) in [6.07, 6.45) is -1.81. The number of hydrogen-bond donors (Lipinski definition) is 0. The minimum atomic E-state index is -0.742. The smallest absolute Gasteiger partial charge is 0.428 e. The number of carbonyl (C=O) groups excluding carboxylic acids is 1. The van der Waals surface area contributed by atoms with Crippen LogP contribution in [0.5, 0.6) is 5.75 Å². The number of ether oxygens (including phenoxy) is 5. The molecule has 136 valence electrons. The Balaban J connectivity index is 1.41. The Kier molecular flexibility index (Phi) is 5.15. The fourth-order valence-corrected chi connectivity index (χ4v) is 3.16. The molecular weight excluding hydrogens is 336 g/mol. The van der Waals surface area contributed by atoms with Gasteiger partial charge in [0.05, 0.1) is 13.2 Å². The SMILES string of the molecule is O=C(Oc1ccccc1)O[C@@H]1CCO[C@@H]2CO[C@H](c3ccccc3)O[C@H]21. The van der Waals surface area contributed by atoms with Crippen molar-refractivity contribution in [3.8, 4) is 5.75 Å². The molecule has 0 bridgehead atoms. The van der Waals surface area contributed by atoms with Gasteiger partial charge in [-0.3, -0.25) is 0 Å². The zero-order valence-electron chi connectivity index (χ0n) is 14.2. The molecular formula is C20H20O6. The van der Waals surface area contributed by atoms with Gasteiger partial charge in [0.25, 0.3) is 0 Å². The Labute approximate surface area is 151 Å². The highest BCUT2D eigenvalue weighted by Crippen LogP contribution is 2.33.